The SMILES string of the molecule is Cc1ccc2[nH]c(C)c(C(=O)c3ccccc3)c(=O)c2c1. The Morgan fingerprint density at radius 1 is 1.00 bits per heavy atom. The van der Waals surface area contributed by atoms with Crippen LogP contribution in [0.4, 0.5) is 0 Å². The van der Waals surface area contributed by atoms with Gasteiger partial charge in [0.05, 0.1) is 5.56 Å². The molecule has 21 heavy (non-hydrogen) atoms. The molecule has 0 aliphatic heterocycles. The Morgan fingerprint density at radius 3 is 2.43 bits per heavy atom. The summed E-state index contributed by atoms with van der Waals surface area (Å²) in [6.45, 7) is 3.69. The maximum atomic E-state index is 12.7. The summed E-state index contributed by atoms with van der Waals surface area (Å²) in [6, 6.07) is 14.5. The Labute approximate surface area is 122 Å². The standard InChI is InChI=1S/C18H15NO2/c1-11-8-9-15-14(10-11)18(21)16(12(2)19-15)17(20)13-6-4-3-5-7-13/h3-10H,1-2H3,(H,19,21). The first kappa shape index (κ1) is 13.3. The minimum Gasteiger partial charge on any atom is -0.358 e. The second-order valence-electron chi connectivity index (χ2n) is 5.20. The van der Waals surface area contributed by atoms with Crippen molar-refractivity contribution in [1.82, 2.24) is 4.98 Å². The van der Waals surface area contributed by atoms with Gasteiger partial charge >= 0.3 is 0 Å². The summed E-state index contributed by atoms with van der Waals surface area (Å²) < 4.78 is 0. The van der Waals surface area contributed by atoms with E-state index in [4.69, 9.17) is 0 Å². The summed E-state index contributed by atoms with van der Waals surface area (Å²) in [5, 5.41) is 0.555. The third-order valence-electron chi connectivity index (χ3n) is 3.61. The Bertz CT molecular complexity index is 892. The number of aryl methyl sites for hydroxylation is 2. The van der Waals surface area contributed by atoms with Crippen molar-refractivity contribution < 1.29 is 4.79 Å². The topological polar surface area (TPSA) is 49.9 Å². The summed E-state index contributed by atoms with van der Waals surface area (Å²) in [4.78, 5) is 28.4. The number of carbonyl (C=O) groups excluding carboxylic acids is 1. The molecule has 0 aliphatic carbocycles. The summed E-state index contributed by atoms with van der Waals surface area (Å²) >= 11 is 0. The highest BCUT2D eigenvalue weighted by Gasteiger charge is 2.18. The Balaban J connectivity index is 2.28. The van der Waals surface area contributed by atoms with Crippen LogP contribution in [0, 0.1) is 13.8 Å². The van der Waals surface area contributed by atoms with Crippen LogP contribution in [0.15, 0.2) is 53.3 Å². The number of hydrogen-bond acceptors (Lipinski definition) is 2. The van der Waals surface area contributed by atoms with E-state index in [-0.39, 0.29) is 16.8 Å². The molecule has 0 saturated carbocycles. The molecule has 0 spiro atoms. The first-order valence-corrected chi connectivity index (χ1v) is 6.81. The number of aromatic nitrogens is 1. The quantitative estimate of drug-likeness (QED) is 0.730. The van der Waals surface area contributed by atoms with E-state index < -0.39 is 0 Å². The van der Waals surface area contributed by atoms with Crippen LogP contribution in [0.2, 0.25) is 0 Å². The molecular weight excluding hydrogens is 262 g/mol. The summed E-state index contributed by atoms with van der Waals surface area (Å²) in [5.41, 5.74) is 2.89. The van der Waals surface area contributed by atoms with Gasteiger partial charge in [-0.05, 0) is 26.0 Å². The molecule has 3 heteroatoms. The van der Waals surface area contributed by atoms with Gasteiger partial charge in [-0.2, -0.15) is 0 Å². The van der Waals surface area contributed by atoms with Gasteiger partial charge in [0.1, 0.15) is 0 Å². The number of ketones is 1. The number of rotatable bonds is 2. The van der Waals surface area contributed by atoms with Gasteiger partial charge < -0.3 is 4.98 Å². The van der Waals surface area contributed by atoms with Crippen LogP contribution in [-0.2, 0) is 0 Å². The molecule has 104 valence electrons. The summed E-state index contributed by atoms with van der Waals surface area (Å²) in [7, 11) is 0. The van der Waals surface area contributed by atoms with Gasteiger partial charge in [-0.3, -0.25) is 9.59 Å². The Kier molecular flexibility index (Phi) is 3.18. The number of carbonyl (C=O) groups is 1. The molecule has 1 heterocycles. The molecule has 0 saturated heterocycles. The first-order chi connectivity index (χ1) is 10.1. The van der Waals surface area contributed by atoms with Gasteiger partial charge in [0.2, 0.25) is 5.43 Å². The molecule has 0 atom stereocenters. The van der Waals surface area contributed by atoms with Gasteiger partial charge in [0.15, 0.2) is 5.78 Å². The van der Waals surface area contributed by atoms with Crippen LogP contribution in [-0.4, -0.2) is 10.8 Å². The molecule has 0 bridgehead atoms. The van der Waals surface area contributed by atoms with Gasteiger partial charge in [0.25, 0.3) is 0 Å². The predicted molar refractivity (Wildman–Crippen MR) is 83.9 cm³/mol. The highest BCUT2D eigenvalue weighted by atomic mass is 16.1. The fourth-order valence-corrected chi connectivity index (χ4v) is 2.53. The zero-order valence-corrected chi connectivity index (χ0v) is 11.9. The molecule has 0 aliphatic rings. The third-order valence-corrected chi connectivity index (χ3v) is 3.61. The molecule has 0 amide bonds. The van der Waals surface area contributed by atoms with Crippen LogP contribution in [0.5, 0.6) is 0 Å². The zero-order chi connectivity index (χ0) is 15.0. The summed E-state index contributed by atoms with van der Waals surface area (Å²) in [6.07, 6.45) is 0. The van der Waals surface area contributed by atoms with Crippen LogP contribution >= 0.6 is 0 Å². The summed E-state index contributed by atoms with van der Waals surface area (Å²) in [5.74, 6) is -0.238. The lowest BCUT2D eigenvalue weighted by atomic mass is 9.99. The molecular formula is C18H15NO2. The first-order valence-electron chi connectivity index (χ1n) is 6.81. The van der Waals surface area contributed by atoms with Crippen molar-refractivity contribution in [3.8, 4) is 0 Å². The zero-order valence-electron chi connectivity index (χ0n) is 11.9. The van der Waals surface area contributed by atoms with E-state index in [0.717, 1.165) is 11.1 Å². The predicted octanol–water partition coefficient (Wildman–Crippen LogP) is 3.38. The van der Waals surface area contributed by atoms with Gasteiger partial charge in [-0.1, -0.05) is 42.0 Å². The van der Waals surface area contributed by atoms with Crippen LogP contribution < -0.4 is 5.43 Å². The minimum absolute atomic E-state index is 0.209. The van der Waals surface area contributed by atoms with Gasteiger partial charge in [0, 0.05) is 22.2 Å². The third kappa shape index (κ3) is 2.27. The number of benzene rings is 2. The fraction of sp³-hybridized carbons (Fsp3) is 0.111. The molecule has 0 fully saturated rings. The van der Waals surface area contributed by atoms with E-state index in [1.807, 2.05) is 31.2 Å². The van der Waals surface area contributed by atoms with E-state index >= 15 is 0 Å². The normalized spacial score (nSPS) is 10.8. The fourth-order valence-electron chi connectivity index (χ4n) is 2.53. The maximum Gasteiger partial charge on any atom is 0.200 e. The lowest BCUT2D eigenvalue weighted by Gasteiger charge is -2.08. The van der Waals surface area contributed by atoms with E-state index in [0.29, 0.717) is 16.6 Å². The van der Waals surface area contributed by atoms with E-state index in [1.165, 1.54) is 0 Å². The van der Waals surface area contributed by atoms with Crippen molar-refractivity contribution >= 4 is 16.7 Å². The highest BCUT2D eigenvalue weighted by molar-refractivity contribution is 6.10. The Morgan fingerprint density at radius 2 is 1.71 bits per heavy atom. The largest absolute Gasteiger partial charge is 0.358 e. The van der Waals surface area contributed by atoms with E-state index in [2.05, 4.69) is 4.98 Å². The molecule has 0 unspecified atom stereocenters. The molecule has 3 nitrogen and oxygen atoms in total. The van der Waals surface area contributed by atoms with Crippen LogP contribution in [0.25, 0.3) is 10.9 Å². The molecule has 3 rings (SSSR count). The molecule has 1 N–H and O–H groups in total. The van der Waals surface area contributed by atoms with Gasteiger partial charge in [-0.25, -0.2) is 0 Å². The lowest BCUT2D eigenvalue weighted by molar-refractivity contribution is 0.103. The minimum atomic E-state index is -0.238. The smallest absolute Gasteiger partial charge is 0.200 e. The number of nitrogens with one attached hydrogen (secondary N) is 1. The lowest BCUT2D eigenvalue weighted by Crippen LogP contribution is -2.19. The molecule has 3 aromatic rings. The van der Waals surface area contributed by atoms with Crippen LogP contribution in [0.1, 0.15) is 27.2 Å². The van der Waals surface area contributed by atoms with Gasteiger partial charge in [-0.15, -0.1) is 0 Å². The number of H-pyrrole nitrogens is 1. The Hall–Kier alpha value is -2.68. The number of hydrogen-bond donors (Lipinski definition) is 1. The van der Waals surface area contributed by atoms with Crippen molar-refractivity contribution in [2.75, 3.05) is 0 Å². The average Bonchev–Trinajstić information content (AvgIpc) is 2.49. The number of aromatic amines is 1. The highest BCUT2D eigenvalue weighted by Crippen LogP contribution is 2.15. The van der Waals surface area contributed by atoms with E-state index in [1.54, 1.807) is 31.2 Å². The van der Waals surface area contributed by atoms with Crippen molar-refractivity contribution in [1.29, 1.82) is 0 Å². The van der Waals surface area contributed by atoms with Crippen molar-refractivity contribution in [2.45, 2.75) is 13.8 Å². The molecule has 2 aromatic carbocycles. The number of fused-ring (bicyclic) bond motifs is 1. The number of pyridine rings is 1. The second kappa shape index (κ2) is 5.02. The second-order valence-corrected chi connectivity index (χ2v) is 5.20. The van der Waals surface area contributed by atoms with Crippen molar-refractivity contribution in [3.63, 3.8) is 0 Å². The molecule has 0 radical (unpaired) electrons. The molecule has 1 aromatic heterocycles. The monoisotopic (exact) mass is 277 g/mol. The average molecular weight is 277 g/mol. The van der Waals surface area contributed by atoms with E-state index in [9.17, 15) is 9.59 Å². The maximum absolute atomic E-state index is 12.7. The van der Waals surface area contributed by atoms with Crippen LogP contribution in [0.3, 0.4) is 0 Å². The van der Waals surface area contributed by atoms with Crippen molar-refractivity contribution in [2.24, 2.45) is 0 Å². The van der Waals surface area contributed by atoms with Crippen molar-refractivity contribution in [3.05, 3.63) is 81.1 Å².